The van der Waals surface area contributed by atoms with E-state index in [0.717, 1.165) is 25.7 Å². The fraction of sp³-hybridized carbons (Fsp3) is 0.706. The van der Waals surface area contributed by atoms with Crippen LogP contribution in [0.15, 0.2) is 18.3 Å². The maximum absolute atomic E-state index is 13.2. The molecule has 0 aliphatic heterocycles. The number of alkyl halides is 2. The molecule has 122 valence electrons. The molecule has 0 bridgehead atoms. The summed E-state index contributed by atoms with van der Waals surface area (Å²) in [7, 11) is 0. The summed E-state index contributed by atoms with van der Waals surface area (Å²) in [6.07, 6.45) is 5.69. The maximum atomic E-state index is 13.2. The number of pyridine rings is 1. The number of aromatic nitrogens is 1. The van der Waals surface area contributed by atoms with Gasteiger partial charge in [-0.15, -0.1) is 0 Å². The van der Waals surface area contributed by atoms with Crippen LogP contribution in [0.3, 0.4) is 0 Å². The van der Waals surface area contributed by atoms with E-state index in [-0.39, 0.29) is 25.7 Å². The Labute approximate surface area is 130 Å². The van der Waals surface area contributed by atoms with Crippen molar-refractivity contribution in [3.05, 3.63) is 29.6 Å². The molecule has 0 spiro atoms. The Morgan fingerprint density at radius 2 is 1.91 bits per heavy atom. The van der Waals surface area contributed by atoms with Crippen LogP contribution in [0.4, 0.5) is 8.78 Å². The van der Waals surface area contributed by atoms with Gasteiger partial charge in [0.15, 0.2) is 0 Å². The number of halogens is 2. The first-order valence-electron chi connectivity index (χ1n) is 8.22. The Kier molecular flexibility index (Phi) is 4.46. The molecule has 2 aliphatic rings. The van der Waals surface area contributed by atoms with Gasteiger partial charge in [0, 0.05) is 37.3 Å². The topological polar surface area (TPSA) is 45.1 Å². The average molecular weight is 310 g/mol. The van der Waals surface area contributed by atoms with Gasteiger partial charge in [-0.1, -0.05) is 6.07 Å². The van der Waals surface area contributed by atoms with Crippen LogP contribution in [-0.4, -0.2) is 34.2 Å². The summed E-state index contributed by atoms with van der Waals surface area (Å²) < 4.78 is 26.4. The van der Waals surface area contributed by atoms with Gasteiger partial charge < -0.3 is 10.4 Å². The van der Waals surface area contributed by atoms with Crippen molar-refractivity contribution in [3.8, 4) is 0 Å². The molecule has 1 atom stereocenters. The van der Waals surface area contributed by atoms with E-state index in [2.05, 4.69) is 16.4 Å². The average Bonchev–Trinajstić information content (AvgIpc) is 2.72. The monoisotopic (exact) mass is 310 g/mol. The lowest BCUT2D eigenvalue weighted by molar-refractivity contribution is -0.102. The van der Waals surface area contributed by atoms with Crippen molar-refractivity contribution in [1.82, 2.24) is 10.3 Å². The first-order valence-corrected chi connectivity index (χ1v) is 8.22. The molecule has 22 heavy (non-hydrogen) atoms. The fourth-order valence-electron chi connectivity index (χ4n) is 3.51. The molecule has 1 saturated carbocycles. The predicted octanol–water partition coefficient (Wildman–Crippen LogP) is 2.86. The van der Waals surface area contributed by atoms with E-state index in [1.165, 1.54) is 11.3 Å². The molecule has 0 radical (unpaired) electrons. The summed E-state index contributed by atoms with van der Waals surface area (Å²) in [5, 5.41) is 13.9. The van der Waals surface area contributed by atoms with Gasteiger partial charge in [-0.05, 0) is 50.2 Å². The van der Waals surface area contributed by atoms with Crippen molar-refractivity contribution in [2.45, 2.75) is 68.9 Å². The summed E-state index contributed by atoms with van der Waals surface area (Å²) in [5.41, 5.74) is 1.50. The van der Waals surface area contributed by atoms with Crippen LogP contribution >= 0.6 is 0 Å². The minimum absolute atomic E-state index is 0.182. The molecular weight excluding hydrogens is 286 g/mol. The number of nitrogens with zero attached hydrogens (tertiary/aromatic N) is 1. The molecule has 3 nitrogen and oxygen atoms in total. The predicted molar refractivity (Wildman–Crippen MR) is 81.0 cm³/mol. The summed E-state index contributed by atoms with van der Waals surface area (Å²) in [4.78, 5) is 4.43. The van der Waals surface area contributed by atoms with Crippen LogP contribution in [0.25, 0.3) is 0 Å². The lowest BCUT2D eigenvalue weighted by atomic mass is 9.82. The molecule has 3 rings (SSSR count). The van der Waals surface area contributed by atoms with Gasteiger partial charge in [-0.25, -0.2) is 8.78 Å². The molecule has 0 unspecified atom stereocenters. The van der Waals surface area contributed by atoms with Gasteiger partial charge in [0.05, 0.1) is 5.60 Å². The molecule has 0 aromatic carbocycles. The summed E-state index contributed by atoms with van der Waals surface area (Å²) >= 11 is 0. The van der Waals surface area contributed by atoms with Crippen molar-refractivity contribution in [2.75, 3.05) is 6.54 Å². The molecule has 0 amide bonds. The second-order valence-corrected chi connectivity index (χ2v) is 6.84. The van der Waals surface area contributed by atoms with Crippen molar-refractivity contribution in [3.63, 3.8) is 0 Å². The van der Waals surface area contributed by atoms with Crippen molar-refractivity contribution in [2.24, 2.45) is 0 Å². The molecule has 1 aromatic heterocycles. The number of hydrogen-bond donors (Lipinski definition) is 2. The highest BCUT2D eigenvalue weighted by molar-refractivity contribution is 5.21. The number of fused-ring (bicyclic) bond motifs is 1. The van der Waals surface area contributed by atoms with E-state index in [1.54, 1.807) is 0 Å². The van der Waals surface area contributed by atoms with Gasteiger partial charge in [0.2, 0.25) is 5.92 Å². The van der Waals surface area contributed by atoms with Gasteiger partial charge >= 0.3 is 0 Å². The van der Waals surface area contributed by atoms with Crippen molar-refractivity contribution in [1.29, 1.82) is 0 Å². The Balaban J connectivity index is 1.51. The quantitative estimate of drug-likeness (QED) is 0.844. The highest BCUT2D eigenvalue weighted by atomic mass is 19.3. The van der Waals surface area contributed by atoms with Gasteiger partial charge in [-0.3, -0.25) is 4.98 Å². The molecule has 1 fully saturated rings. The normalized spacial score (nSPS) is 27.0. The minimum atomic E-state index is -2.60. The van der Waals surface area contributed by atoms with Crippen LogP contribution in [-0.2, 0) is 12.8 Å². The fourth-order valence-corrected chi connectivity index (χ4v) is 3.51. The standard InChI is InChI=1S/C17H24F2N2O/c18-17(19)9-7-16(22,8-10-17)12-21-14-4-3-13-2-1-11-20-15(13)6-5-14/h1-2,11,14,21-22H,3-10,12H2/t14-/m0/s1. The van der Waals surface area contributed by atoms with E-state index in [4.69, 9.17) is 0 Å². The maximum Gasteiger partial charge on any atom is 0.248 e. The van der Waals surface area contributed by atoms with Gasteiger partial charge in [-0.2, -0.15) is 0 Å². The van der Waals surface area contributed by atoms with E-state index < -0.39 is 11.5 Å². The second kappa shape index (κ2) is 6.20. The Hall–Kier alpha value is -1.07. The smallest absolute Gasteiger partial charge is 0.248 e. The first-order chi connectivity index (χ1) is 10.5. The van der Waals surface area contributed by atoms with Crippen LogP contribution in [0, 0.1) is 0 Å². The summed E-state index contributed by atoms with van der Waals surface area (Å²) in [5.74, 6) is -2.60. The number of hydrogen-bond acceptors (Lipinski definition) is 3. The molecule has 1 heterocycles. The highest BCUT2D eigenvalue weighted by Crippen LogP contribution is 2.38. The van der Waals surface area contributed by atoms with Crippen LogP contribution < -0.4 is 5.32 Å². The molecule has 5 heteroatoms. The minimum Gasteiger partial charge on any atom is -0.389 e. The third kappa shape index (κ3) is 3.82. The largest absolute Gasteiger partial charge is 0.389 e. The number of aryl methyl sites for hydroxylation is 2. The Bertz CT molecular complexity index is 484. The molecule has 1 aromatic rings. The zero-order valence-corrected chi connectivity index (χ0v) is 12.8. The van der Waals surface area contributed by atoms with Gasteiger partial charge in [0.25, 0.3) is 0 Å². The number of rotatable bonds is 3. The van der Waals surface area contributed by atoms with Gasteiger partial charge in [0.1, 0.15) is 0 Å². The summed E-state index contributed by atoms with van der Waals surface area (Å²) in [6, 6.07) is 4.42. The molecular formula is C17H24F2N2O. The lowest BCUT2D eigenvalue weighted by Crippen LogP contribution is -2.48. The Morgan fingerprint density at radius 1 is 1.18 bits per heavy atom. The molecule has 0 saturated heterocycles. The molecule has 2 aliphatic carbocycles. The second-order valence-electron chi connectivity index (χ2n) is 6.84. The molecule has 2 N–H and O–H groups in total. The van der Waals surface area contributed by atoms with E-state index >= 15 is 0 Å². The van der Waals surface area contributed by atoms with E-state index in [9.17, 15) is 13.9 Å². The lowest BCUT2D eigenvalue weighted by Gasteiger charge is -2.37. The highest BCUT2D eigenvalue weighted by Gasteiger charge is 2.42. The third-order valence-electron chi connectivity index (χ3n) is 5.11. The summed E-state index contributed by atoms with van der Waals surface area (Å²) in [6.45, 7) is 0.414. The van der Waals surface area contributed by atoms with Crippen LogP contribution in [0.1, 0.15) is 49.8 Å². The zero-order valence-electron chi connectivity index (χ0n) is 12.8. The van der Waals surface area contributed by atoms with E-state index in [0.29, 0.717) is 12.6 Å². The number of nitrogens with one attached hydrogen (secondary N) is 1. The SMILES string of the molecule is OC1(CN[C@H]2CCc3cccnc3CC2)CCC(F)(F)CC1. The van der Waals surface area contributed by atoms with Crippen molar-refractivity contribution < 1.29 is 13.9 Å². The van der Waals surface area contributed by atoms with Crippen LogP contribution in [0.2, 0.25) is 0 Å². The number of aliphatic hydroxyl groups is 1. The van der Waals surface area contributed by atoms with Crippen molar-refractivity contribution >= 4 is 0 Å². The first kappa shape index (κ1) is 15.8. The third-order valence-corrected chi connectivity index (χ3v) is 5.11. The zero-order chi connectivity index (χ0) is 15.6. The van der Waals surface area contributed by atoms with Crippen LogP contribution in [0.5, 0.6) is 0 Å². The van der Waals surface area contributed by atoms with E-state index in [1.807, 2.05) is 12.3 Å². The Morgan fingerprint density at radius 3 is 2.68 bits per heavy atom.